The lowest BCUT2D eigenvalue weighted by molar-refractivity contribution is 0.0528. The number of nitrogens with one attached hydrogen (secondary N) is 1. The molecule has 0 unspecified atom stereocenters. The molecule has 146 valence electrons. The maximum Gasteiger partial charge on any atom is 0.343 e. The standard InChI is InChI=1S/C21H18N4O3S/c1-3-28-21(27)16-12-23-25-17(9-10-22-19(16)25)14-5-4-6-15(11-14)24-20(26)18-8-7-13(2)29-18/h4-12H,3H2,1-2H3,(H,24,26). The van der Waals surface area contributed by atoms with Gasteiger partial charge in [0.1, 0.15) is 5.56 Å². The maximum absolute atomic E-state index is 12.4. The number of rotatable bonds is 5. The number of esters is 1. The Kier molecular flexibility index (Phi) is 5.09. The molecule has 0 saturated carbocycles. The number of carbonyl (C=O) groups excluding carboxylic acids is 2. The highest BCUT2D eigenvalue weighted by atomic mass is 32.1. The number of thiophene rings is 1. The van der Waals surface area contributed by atoms with Crippen LogP contribution in [0.4, 0.5) is 5.69 Å². The van der Waals surface area contributed by atoms with Crippen molar-refractivity contribution < 1.29 is 14.3 Å². The van der Waals surface area contributed by atoms with E-state index in [4.69, 9.17) is 4.74 Å². The minimum absolute atomic E-state index is 0.149. The van der Waals surface area contributed by atoms with Crippen LogP contribution in [0, 0.1) is 6.92 Å². The lowest BCUT2D eigenvalue weighted by Crippen LogP contribution is -2.10. The highest BCUT2D eigenvalue weighted by Crippen LogP contribution is 2.25. The summed E-state index contributed by atoms with van der Waals surface area (Å²) in [5.41, 5.74) is 2.97. The van der Waals surface area contributed by atoms with Crippen molar-refractivity contribution >= 4 is 34.5 Å². The third-order valence-corrected chi connectivity index (χ3v) is 5.28. The van der Waals surface area contributed by atoms with Gasteiger partial charge in [-0.25, -0.2) is 14.3 Å². The van der Waals surface area contributed by atoms with Crippen LogP contribution in [0.5, 0.6) is 0 Å². The predicted molar refractivity (Wildman–Crippen MR) is 111 cm³/mol. The van der Waals surface area contributed by atoms with Crippen LogP contribution < -0.4 is 5.32 Å². The molecule has 4 rings (SSSR count). The topological polar surface area (TPSA) is 85.6 Å². The lowest BCUT2D eigenvalue weighted by Gasteiger charge is -2.08. The normalized spacial score (nSPS) is 10.8. The molecule has 1 N–H and O–H groups in total. The van der Waals surface area contributed by atoms with E-state index in [-0.39, 0.29) is 12.5 Å². The number of anilines is 1. The van der Waals surface area contributed by atoms with E-state index in [1.54, 1.807) is 23.7 Å². The van der Waals surface area contributed by atoms with Crippen LogP contribution in [0.25, 0.3) is 16.9 Å². The molecule has 29 heavy (non-hydrogen) atoms. The molecule has 0 saturated heterocycles. The Labute approximate surface area is 171 Å². The van der Waals surface area contributed by atoms with Crippen LogP contribution in [-0.4, -0.2) is 33.1 Å². The van der Waals surface area contributed by atoms with Gasteiger partial charge >= 0.3 is 5.97 Å². The number of carbonyl (C=O) groups is 2. The lowest BCUT2D eigenvalue weighted by atomic mass is 10.1. The first kappa shape index (κ1) is 18.8. The summed E-state index contributed by atoms with van der Waals surface area (Å²) in [6.07, 6.45) is 3.07. The summed E-state index contributed by atoms with van der Waals surface area (Å²) >= 11 is 1.45. The van der Waals surface area contributed by atoms with E-state index in [0.717, 1.165) is 16.1 Å². The molecule has 1 amide bonds. The second-order valence-corrected chi connectivity index (χ2v) is 7.58. The first-order valence-corrected chi connectivity index (χ1v) is 9.86. The predicted octanol–water partition coefficient (Wildman–Crippen LogP) is 4.20. The van der Waals surface area contributed by atoms with Crippen molar-refractivity contribution in [3.05, 3.63) is 70.2 Å². The number of hydrogen-bond donors (Lipinski definition) is 1. The van der Waals surface area contributed by atoms with E-state index in [1.165, 1.54) is 17.5 Å². The summed E-state index contributed by atoms with van der Waals surface area (Å²) in [4.78, 5) is 30.6. The van der Waals surface area contributed by atoms with Crippen molar-refractivity contribution in [2.75, 3.05) is 11.9 Å². The van der Waals surface area contributed by atoms with Crippen LogP contribution in [0.3, 0.4) is 0 Å². The van der Waals surface area contributed by atoms with E-state index >= 15 is 0 Å². The zero-order valence-electron chi connectivity index (χ0n) is 15.9. The number of aromatic nitrogens is 3. The average molecular weight is 406 g/mol. The summed E-state index contributed by atoms with van der Waals surface area (Å²) in [6.45, 7) is 3.99. The number of benzene rings is 1. The molecule has 3 heterocycles. The first-order valence-electron chi connectivity index (χ1n) is 9.05. The van der Waals surface area contributed by atoms with Gasteiger partial charge in [0.15, 0.2) is 5.65 Å². The van der Waals surface area contributed by atoms with Crippen LogP contribution in [0.2, 0.25) is 0 Å². The number of ether oxygens (including phenoxy) is 1. The van der Waals surface area contributed by atoms with Gasteiger partial charge in [0, 0.05) is 22.3 Å². The van der Waals surface area contributed by atoms with Crippen molar-refractivity contribution in [1.82, 2.24) is 14.6 Å². The van der Waals surface area contributed by atoms with Crippen molar-refractivity contribution in [1.29, 1.82) is 0 Å². The molecule has 1 aromatic carbocycles. The molecule has 4 aromatic rings. The van der Waals surface area contributed by atoms with Crippen LogP contribution >= 0.6 is 11.3 Å². The Morgan fingerprint density at radius 2 is 2.07 bits per heavy atom. The van der Waals surface area contributed by atoms with Gasteiger partial charge in [-0.1, -0.05) is 12.1 Å². The fraction of sp³-hybridized carbons (Fsp3) is 0.143. The van der Waals surface area contributed by atoms with Gasteiger partial charge in [-0.15, -0.1) is 11.3 Å². The molecular weight excluding hydrogens is 388 g/mol. The highest BCUT2D eigenvalue weighted by Gasteiger charge is 2.17. The highest BCUT2D eigenvalue weighted by molar-refractivity contribution is 7.14. The van der Waals surface area contributed by atoms with Crippen molar-refractivity contribution in [2.24, 2.45) is 0 Å². The van der Waals surface area contributed by atoms with E-state index in [9.17, 15) is 9.59 Å². The molecule has 0 atom stereocenters. The summed E-state index contributed by atoms with van der Waals surface area (Å²) in [7, 11) is 0. The first-order chi connectivity index (χ1) is 14.1. The number of amides is 1. The van der Waals surface area contributed by atoms with Gasteiger partial charge in [0.25, 0.3) is 5.91 Å². The third-order valence-electron chi connectivity index (χ3n) is 4.28. The largest absolute Gasteiger partial charge is 0.462 e. The average Bonchev–Trinajstić information content (AvgIpc) is 3.34. The van der Waals surface area contributed by atoms with Gasteiger partial charge in [-0.3, -0.25) is 4.79 Å². The zero-order chi connectivity index (χ0) is 20.4. The van der Waals surface area contributed by atoms with Crippen LogP contribution in [-0.2, 0) is 4.74 Å². The van der Waals surface area contributed by atoms with Gasteiger partial charge in [-0.2, -0.15) is 5.10 Å². The van der Waals surface area contributed by atoms with E-state index in [0.29, 0.717) is 21.8 Å². The second-order valence-electron chi connectivity index (χ2n) is 6.29. The maximum atomic E-state index is 12.4. The van der Waals surface area contributed by atoms with Gasteiger partial charge in [-0.05, 0) is 44.2 Å². The summed E-state index contributed by atoms with van der Waals surface area (Å²) in [5.74, 6) is -0.608. The minimum atomic E-state index is -0.459. The molecule has 0 aliphatic carbocycles. The Morgan fingerprint density at radius 1 is 1.21 bits per heavy atom. The van der Waals surface area contributed by atoms with Crippen molar-refractivity contribution in [3.8, 4) is 11.3 Å². The number of hydrogen-bond acceptors (Lipinski definition) is 6. The van der Waals surface area contributed by atoms with Crippen molar-refractivity contribution in [2.45, 2.75) is 13.8 Å². The number of nitrogens with zero attached hydrogens (tertiary/aromatic N) is 3. The zero-order valence-corrected chi connectivity index (χ0v) is 16.7. The Bertz CT molecular complexity index is 1210. The fourth-order valence-electron chi connectivity index (χ4n) is 2.97. The molecule has 0 aliphatic rings. The van der Waals surface area contributed by atoms with Gasteiger partial charge < -0.3 is 10.1 Å². The quantitative estimate of drug-likeness (QED) is 0.502. The van der Waals surface area contributed by atoms with Gasteiger partial charge in [0.2, 0.25) is 0 Å². The molecule has 3 aromatic heterocycles. The van der Waals surface area contributed by atoms with Crippen molar-refractivity contribution in [3.63, 3.8) is 0 Å². The van der Waals surface area contributed by atoms with E-state index < -0.39 is 5.97 Å². The molecule has 0 aliphatic heterocycles. The van der Waals surface area contributed by atoms with Crippen LogP contribution in [0.15, 0.2) is 54.9 Å². The Balaban J connectivity index is 1.67. The molecule has 7 nitrogen and oxygen atoms in total. The number of aryl methyl sites for hydroxylation is 1. The molecule has 0 fully saturated rings. The fourth-order valence-corrected chi connectivity index (χ4v) is 3.73. The van der Waals surface area contributed by atoms with E-state index in [2.05, 4.69) is 15.4 Å². The SMILES string of the molecule is CCOC(=O)c1cnn2c(-c3cccc(NC(=O)c4ccc(C)s4)c3)ccnc12. The Hall–Kier alpha value is -3.52. The molecule has 8 heteroatoms. The Morgan fingerprint density at radius 3 is 2.83 bits per heavy atom. The third kappa shape index (κ3) is 3.74. The monoisotopic (exact) mass is 406 g/mol. The van der Waals surface area contributed by atoms with Gasteiger partial charge in [0.05, 0.1) is 23.4 Å². The molecule has 0 bridgehead atoms. The summed E-state index contributed by atoms with van der Waals surface area (Å²) in [6, 6.07) is 13.0. The van der Waals surface area contributed by atoms with E-state index in [1.807, 2.05) is 43.3 Å². The summed E-state index contributed by atoms with van der Waals surface area (Å²) in [5, 5.41) is 7.23. The molecular formula is C21H18N4O3S. The molecule has 0 spiro atoms. The van der Waals surface area contributed by atoms with Crippen LogP contribution in [0.1, 0.15) is 31.8 Å². The second kappa shape index (κ2) is 7.84. The number of fused-ring (bicyclic) bond motifs is 1. The molecule has 0 radical (unpaired) electrons. The smallest absolute Gasteiger partial charge is 0.343 e. The summed E-state index contributed by atoms with van der Waals surface area (Å²) < 4.78 is 6.66. The minimum Gasteiger partial charge on any atom is -0.462 e.